The van der Waals surface area contributed by atoms with Gasteiger partial charge in [0.15, 0.2) is 0 Å². The number of nitrogens with one attached hydrogen (secondary N) is 10. The van der Waals surface area contributed by atoms with Crippen molar-refractivity contribution < 1.29 is 47.9 Å². The zero-order valence-electron chi connectivity index (χ0n) is 49.3. The van der Waals surface area contributed by atoms with Gasteiger partial charge in [-0.1, -0.05) is 69.2 Å². The van der Waals surface area contributed by atoms with Gasteiger partial charge in [0.2, 0.25) is 59.1 Å². The predicted octanol–water partition coefficient (Wildman–Crippen LogP) is -0.164. The fourth-order valence-electron chi connectivity index (χ4n) is 9.08. The summed E-state index contributed by atoms with van der Waals surface area (Å²) in [6.45, 7) is 18.8. The molecule has 0 aromatic carbocycles. The molecule has 24 heteroatoms. The third-order valence-electron chi connectivity index (χ3n) is 13.4. The normalized spacial score (nSPS) is 24.7. The Hall–Kier alpha value is -5.46. The van der Waals surface area contributed by atoms with Gasteiger partial charge in [-0.15, -0.1) is 0 Å². The van der Waals surface area contributed by atoms with Gasteiger partial charge in [-0.3, -0.25) is 47.9 Å². The van der Waals surface area contributed by atoms with Crippen molar-refractivity contribution >= 4 is 59.1 Å². The van der Waals surface area contributed by atoms with Gasteiger partial charge < -0.3 is 76.1 Å². The van der Waals surface area contributed by atoms with Gasteiger partial charge in [0.05, 0.1) is 6.54 Å². The quantitative estimate of drug-likeness (QED) is 0.0529. The monoisotopic (exact) mass is 1120 g/mol. The lowest BCUT2D eigenvalue weighted by molar-refractivity contribution is -0.137. The van der Waals surface area contributed by atoms with Crippen molar-refractivity contribution in [2.24, 2.45) is 52.5 Å². The molecule has 1 saturated heterocycles. The van der Waals surface area contributed by atoms with E-state index in [4.69, 9.17) is 22.9 Å². The topological polar surface area (TPSA) is 395 Å². The Morgan fingerprint density at radius 1 is 0.316 bits per heavy atom. The van der Waals surface area contributed by atoms with Crippen LogP contribution < -0.4 is 76.1 Å². The van der Waals surface area contributed by atoms with Crippen LogP contribution in [0.4, 0.5) is 0 Å². The summed E-state index contributed by atoms with van der Waals surface area (Å²) in [5, 5.41) is 27.7. The molecule has 0 unspecified atom stereocenters. The molecule has 1 fully saturated rings. The molecule has 10 amide bonds. The van der Waals surface area contributed by atoms with Crippen LogP contribution >= 0.6 is 0 Å². The zero-order valence-corrected chi connectivity index (χ0v) is 49.3. The van der Waals surface area contributed by atoms with E-state index in [0.29, 0.717) is 77.5 Å². The molecule has 9 atom stereocenters. The summed E-state index contributed by atoms with van der Waals surface area (Å²) in [5.41, 5.74) is 23.3. The van der Waals surface area contributed by atoms with E-state index in [9.17, 15) is 47.9 Å². The van der Waals surface area contributed by atoms with Gasteiger partial charge >= 0.3 is 0 Å². The van der Waals surface area contributed by atoms with E-state index in [0.717, 1.165) is 0 Å². The molecule has 0 bridgehead atoms. The smallest absolute Gasteiger partial charge is 0.243 e. The summed E-state index contributed by atoms with van der Waals surface area (Å²) in [7, 11) is 0. The highest BCUT2D eigenvalue weighted by molar-refractivity contribution is 5.99. The summed E-state index contributed by atoms with van der Waals surface area (Å²) < 4.78 is 0. The first-order chi connectivity index (χ1) is 37.3. The van der Waals surface area contributed by atoms with Crippen molar-refractivity contribution in [1.29, 1.82) is 0 Å². The van der Waals surface area contributed by atoms with Gasteiger partial charge in [-0.2, -0.15) is 0 Å². The van der Waals surface area contributed by atoms with Crippen LogP contribution in [0.25, 0.3) is 0 Å². The molecule has 79 heavy (non-hydrogen) atoms. The zero-order chi connectivity index (χ0) is 59.8. The number of hydrogen-bond acceptors (Lipinski definition) is 14. The molecule has 0 aromatic rings. The van der Waals surface area contributed by atoms with Gasteiger partial charge in [0.1, 0.15) is 54.4 Å². The third-order valence-corrected chi connectivity index (χ3v) is 13.4. The molecule has 1 aliphatic heterocycles. The number of carbonyl (C=O) groups is 10. The molecule has 1 aliphatic rings. The van der Waals surface area contributed by atoms with E-state index in [1.165, 1.54) is 0 Å². The van der Waals surface area contributed by atoms with Crippen LogP contribution in [0.1, 0.15) is 172 Å². The Morgan fingerprint density at radius 3 is 0.785 bits per heavy atom. The number of nitrogens with two attached hydrogens (primary N) is 4. The average molecular weight is 1120 g/mol. The summed E-state index contributed by atoms with van der Waals surface area (Å²) in [5.74, 6) is -8.00. The maximum Gasteiger partial charge on any atom is 0.243 e. The number of carbonyl (C=O) groups excluding carboxylic acids is 10. The van der Waals surface area contributed by atoms with E-state index in [-0.39, 0.29) is 75.0 Å². The first kappa shape index (κ1) is 71.6. The minimum atomic E-state index is -1.20. The second-order valence-electron chi connectivity index (χ2n) is 23.2. The van der Waals surface area contributed by atoms with E-state index in [1.807, 2.05) is 55.4 Å². The minimum absolute atomic E-state index is 0.119. The molecular weight excluding hydrogens is 1020 g/mol. The molecule has 0 saturated carbocycles. The van der Waals surface area contributed by atoms with Crippen LogP contribution in [0.5, 0.6) is 0 Å². The molecule has 18 N–H and O–H groups in total. The largest absolute Gasteiger partial charge is 0.345 e. The Balaban J connectivity index is 4.10. The molecule has 24 nitrogen and oxygen atoms in total. The average Bonchev–Trinajstić information content (AvgIpc) is 3.36. The van der Waals surface area contributed by atoms with Crippen molar-refractivity contribution in [3.8, 4) is 0 Å². The lowest BCUT2D eigenvalue weighted by Gasteiger charge is -2.30. The van der Waals surface area contributed by atoms with E-state index < -0.39 is 126 Å². The number of rotatable bonds is 25. The molecule has 0 radical (unpaired) electrons. The molecule has 0 spiro atoms. The van der Waals surface area contributed by atoms with Gasteiger partial charge in [-0.05, 0) is 159 Å². The maximum absolute atomic E-state index is 14.4. The van der Waals surface area contributed by atoms with Crippen molar-refractivity contribution in [1.82, 2.24) is 53.2 Å². The molecule has 0 aromatic heterocycles. The number of amides is 10. The van der Waals surface area contributed by atoms with Crippen molar-refractivity contribution in [3.63, 3.8) is 0 Å². The van der Waals surface area contributed by atoms with Gasteiger partial charge in [0, 0.05) is 0 Å². The highest BCUT2D eigenvalue weighted by atomic mass is 16.2. The van der Waals surface area contributed by atoms with Crippen LogP contribution in [0, 0.1) is 29.6 Å². The minimum Gasteiger partial charge on any atom is -0.345 e. The molecule has 454 valence electrons. The highest BCUT2D eigenvalue weighted by Crippen LogP contribution is 2.15. The van der Waals surface area contributed by atoms with E-state index in [1.54, 1.807) is 13.8 Å². The Morgan fingerprint density at radius 2 is 0.544 bits per heavy atom. The second kappa shape index (κ2) is 39.0. The summed E-state index contributed by atoms with van der Waals surface area (Å²) in [4.78, 5) is 142. The predicted molar refractivity (Wildman–Crippen MR) is 305 cm³/mol. The SMILES string of the molecule is CC(C)C[C@H]1NC(=O)[C@H](CCCCN)NC(=O)[C@@H](CC(C)C)NC(=O)[C@H](CCCCN)NC(=O)[C@@H](CC(C)C)NC(=O)[C@H](CCCCN)NC(=O)[C@@H](CC(C)C)NC(=O)[C@H](CCCCN)NC(=O)[C@@H](C(C)C)NC(=O)CNC1=O. The fraction of sp³-hybridized carbons (Fsp3) is 0.818. The Labute approximate surface area is 470 Å². The lowest BCUT2D eigenvalue weighted by Crippen LogP contribution is -2.61. The van der Waals surface area contributed by atoms with E-state index >= 15 is 0 Å². The number of hydrogen-bond donors (Lipinski definition) is 14. The summed E-state index contributed by atoms with van der Waals surface area (Å²) in [6, 6.07) is -10.7. The van der Waals surface area contributed by atoms with Gasteiger partial charge in [0.25, 0.3) is 0 Å². The first-order valence-electron chi connectivity index (χ1n) is 29.1. The van der Waals surface area contributed by atoms with Crippen LogP contribution in [0.2, 0.25) is 0 Å². The van der Waals surface area contributed by atoms with Crippen LogP contribution in [-0.4, -0.2) is 146 Å². The first-order valence-corrected chi connectivity index (χ1v) is 29.1. The number of unbranched alkanes of at least 4 members (excludes halogenated alkanes) is 4. The lowest BCUT2D eigenvalue weighted by atomic mass is 9.99. The maximum atomic E-state index is 14.4. The van der Waals surface area contributed by atoms with Gasteiger partial charge in [-0.25, -0.2) is 0 Å². The van der Waals surface area contributed by atoms with Crippen molar-refractivity contribution in [2.45, 2.75) is 226 Å². The Kier molecular flexibility index (Phi) is 35.3. The summed E-state index contributed by atoms with van der Waals surface area (Å²) >= 11 is 0. The fourth-order valence-corrected chi connectivity index (χ4v) is 9.08. The van der Waals surface area contributed by atoms with Crippen LogP contribution in [0.3, 0.4) is 0 Å². The highest BCUT2D eigenvalue weighted by Gasteiger charge is 2.36. The van der Waals surface area contributed by atoms with Crippen LogP contribution in [0.15, 0.2) is 0 Å². The van der Waals surface area contributed by atoms with Crippen molar-refractivity contribution in [2.75, 3.05) is 32.7 Å². The molecule has 1 heterocycles. The second-order valence-corrected chi connectivity index (χ2v) is 23.2. The molecular formula is C55H104N14O10. The van der Waals surface area contributed by atoms with Crippen molar-refractivity contribution in [3.05, 3.63) is 0 Å². The summed E-state index contributed by atoms with van der Waals surface area (Å²) in [6.07, 6.45) is 4.75. The third kappa shape index (κ3) is 29.0. The van der Waals surface area contributed by atoms with E-state index in [2.05, 4.69) is 53.2 Å². The van der Waals surface area contributed by atoms with Crippen LogP contribution in [-0.2, 0) is 47.9 Å². The Bertz CT molecular complexity index is 1920. The molecule has 1 rings (SSSR count). The standard InChI is InChI=1S/C55H104N14O10/c1-32(2)27-41-47(71)60-31-45(70)69-46(36(9)10)55(79)64-40(22-14-18-26-59)51(75)68-44(30-35(7)8)54(78)63-39(21-13-17-25-58)50(74)67-43(29-34(5)6)53(77)62-38(20-12-16-24-57)49(73)66-42(28-33(3)4)52(76)61-37(48(72)65-41)19-11-15-23-56/h32-44,46H,11-31,56-59H2,1-10H3,(H,60,71)(H,61,76)(H,62,77)(H,63,78)(H,64,79)(H,65,72)(H,66,73)(H,67,74)(H,68,75)(H,69,70)/t37-,38-,39-,40-,41+,42+,43+,44+,46+/m0/s1. The molecule has 0 aliphatic carbocycles.